The maximum atomic E-state index is 11.9. The standard InChI is InChI=1S/C22H25NO5/c1-3-27-22(26)18(14-21(24)25)13-17-7-10-20(11-8-17)28-12-4-5-19-9-6-16(2)15-23-19/h6-11,13,15H,3-5,12,14H2,1-2H3,(H,24,25)/b18-13+. The van der Waals surface area contributed by atoms with Crippen molar-refractivity contribution in [2.75, 3.05) is 13.2 Å². The zero-order valence-electron chi connectivity index (χ0n) is 16.2. The van der Waals surface area contributed by atoms with E-state index in [1.807, 2.05) is 25.3 Å². The van der Waals surface area contributed by atoms with Crippen molar-refractivity contribution in [1.82, 2.24) is 4.98 Å². The highest BCUT2D eigenvalue weighted by atomic mass is 16.5. The van der Waals surface area contributed by atoms with Gasteiger partial charge in [-0.1, -0.05) is 18.2 Å². The minimum Gasteiger partial charge on any atom is -0.494 e. The minimum atomic E-state index is -1.08. The van der Waals surface area contributed by atoms with Gasteiger partial charge in [0.25, 0.3) is 0 Å². The van der Waals surface area contributed by atoms with E-state index in [2.05, 4.69) is 4.98 Å². The predicted molar refractivity (Wildman–Crippen MR) is 106 cm³/mol. The quantitative estimate of drug-likeness (QED) is 0.381. The van der Waals surface area contributed by atoms with Crippen molar-refractivity contribution >= 4 is 18.0 Å². The number of hydrogen-bond acceptors (Lipinski definition) is 5. The molecule has 28 heavy (non-hydrogen) atoms. The fourth-order valence-electron chi connectivity index (χ4n) is 2.52. The first-order chi connectivity index (χ1) is 13.5. The number of carbonyl (C=O) groups excluding carboxylic acids is 1. The molecule has 1 aromatic carbocycles. The maximum Gasteiger partial charge on any atom is 0.334 e. The van der Waals surface area contributed by atoms with Crippen molar-refractivity contribution in [2.24, 2.45) is 0 Å². The van der Waals surface area contributed by atoms with Gasteiger partial charge in [0.05, 0.1) is 19.6 Å². The van der Waals surface area contributed by atoms with Gasteiger partial charge in [0, 0.05) is 17.5 Å². The van der Waals surface area contributed by atoms with Gasteiger partial charge in [0.15, 0.2) is 0 Å². The molecule has 2 aromatic rings. The van der Waals surface area contributed by atoms with Crippen molar-refractivity contribution in [1.29, 1.82) is 0 Å². The highest BCUT2D eigenvalue weighted by Crippen LogP contribution is 2.17. The van der Waals surface area contributed by atoms with E-state index in [9.17, 15) is 9.59 Å². The van der Waals surface area contributed by atoms with Gasteiger partial charge in [-0.3, -0.25) is 9.78 Å². The summed E-state index contributed by atoms with van der Waals surface area (Å²) in [5, 5.41) is 8.97. The second-order valence-corrected chi connectivity index (χ2v) is 6.31. The van der Waals surface area contributed by atoms with Crippen LogP contribution in [0.5, 0.6) is 5.75 Å². The smallest absolute Gasteiger partial charge is 0.334 e. The van der Waals surface area contributed by atoms with Crippen LogP contribution in [0.15, 0.2) is 48.2 Å². The summed E-state index contributed by atoms with van der Waals surface area (Å²) >= 11 is 0. The molecule has 0 spiro atoms. The van der Waals surface area contributed by atoms with Crippen LogP contribution in [0, 0.1) is 6.92 Å². The topological polar surface area (TPSA) is 85.7 Å². The molecule has 0 atom stereocenters. The number of pyridine rings is 1. The van der Waals surface area contributed by atoms with Gasteiger partial charge in [-0.2, -0.15) is 0 Å². The summed E-state index contributed by atoms with van der Waals surface area (Å²) in [4.78, 5) is 27.2. The molecule has 6 nitrogen and oxygen atoms in total. The third-order valence-electron chi connectivity index (χ3n) is 3.92. The summed E-state index contributed by atoms with van der Waals surface area (Å²) in [5.74, 6) is -0.984. The number of esters is 1. The zero-order valence-corrected chi connectivity index (χ0v) is 16.2. The number of carboxylic acids is 1. The average Bonchev–Trinajstić information content (AvgIpc) is 2.67. The van der Waals surface area contributed by atoms with Crippen LogP contribution < -0.4 is 4.74 Å². The molecule has 148 valence electrons. The first kappa shape index (κ1) is 21.2. The van der Waals surface area contributed by atoms with Gasteiger partial charge in [-0.05, 0) is 62.1 Å². The molecular formula is C22H25NO5. The van der Waals surface area contributed by atoms with E-state index >= 15 is 0 Å². The van der Waals surface area contributed by atoms with E-state index in [4.69, 9.17) is 14.6 Å². The molecule has 0 unspecified atom stereocenters. The SMILES string of the molecule is CCOC(=O)/C(=C/c1ccc(OCCCc2ccc(C)cn2)cc1)CC(=O)O. The fourth-order valence-corrected chi connectivity index (χ4v) is 2.52. The number of nitrogens with zero attached hydrogens (tertiary/aromatic N) is 1. The molecule has 0 bridgehead atoms. The fraction of sp³-hybridized carbons (Fsp3) is 0.318. The van der Waals surface area contributed by atoms with E-state index in [0.29, 0.717) is 17.9 Å². The molecule has 0 fully saturated rings. The second kappa shape index (κ2) is 10.9. The van der Waals surface area contributed by atoms with Crippen molar-refractivity contribution in [2.45, 2.75) is 33.1 Å². The number of aliphatic carboxylic acids is 1. The molecule has 0 amide bonds. The van der Waals surface area contributed by atoms with Crippen LogP contribution >= 0.6 is 0 Å². The van der Waals surface area contributed by atoms with E-state index in [0.717, 1.165) is 24.1 Å². The summed E-state index contributed by atoms with van der Waals surface area (Å²) in [5.41, 5.74) is 3.00. The molecule has 6 heteroatoms. The van der Waals surface area contributed by atoms with E-state index in [1.54, 1.807) is 31.2 Å². The molecule has 1 heterocycles. The monoisotopic (exact) mass is 383 g/mol. The summed E-state index contributed by atoms with van der Waals surface area (Å²) in [6.07, 6.45) is 4.70. The number of rotatable bonds is 10. The average molecular weight is 383 g/mol. The summed E-state index contributed by atoms with van der Waals surface area (Å²) < 4.78 is 10.6. The molecule has 0 saturated heterocycles. The van der Waals surface area contributed by atoms with Gasteiger partial charge >= 0.3 is 11.9 Å². The predicted octanol–water partition coefficient (Wildman–Crippen LogP) is 3.82. The van der Waals surface area contributed by atoms with Crippen LogP contribution in [0.1, 0.15) is 36.6 Å². The van der Waals surface area contributed by atoms with Gasteiger partial charge in [0.1, 0.15) is 5.75 Å². The minimum absolute atomic E-state index is 0.105. The Hall–Kier alpha value is -3.15. The number of aryl methyl sites for hydroxylation is 2. The van der Waals surface area contributed by atoms with Gasteiger partial charge in [-0.15, -0.1) is 0 Å². The molecular weight excluding hydrogens is 358 g/mol. The normalized spacial score (nSPS) is 11.1. The Balaban J connectivity index is 1.89. The molecule has 0 aliphatic carbocycles. The van der Waals surface area contributed by atoms with E-state index in [1.165, 1.54) is 6.08 Å². The lowest BCUT2D eigenvalue weighted by atomic mass is 10.1. The van der Waals surface area contributed by atoms with Crippen molar-refractivity contribution in [3.8, 4) is 5.75 Å². The van der Waals surface area contributed by atoms with Gasteiger partial charge in [0.2, 0.25) is 0 Å². The summed E-state index contributed by atoms with van der Waals surface area (Å²) in [6, 6.07) is 11.2. The molecule has 0 radical (unpaired) electrons. The Morgan fingerprint density at radius 2 is 1.89 bits per heavy atom. The van der Waals surface area contributed by atoms with Crippen LogP contribution in [-0.4, -0.2) is 35.2 Å². The number of ether oxygens (including phenoxy) is 2. The van der Waals surface area contributed by atoms with Crippen LogP contribution in [0.3, 0.4) is 0 Å². The third-order valence-corrected chi connectivity index (χ3v) is 3.92. The lowest BCUT2D eigenvalue weighted by molar-refractivity contribution is -0.142. The van der Waals surface area contributed by atoms with Crippen molar-refractivity contribution in [3.05, 3.63) is 65.0 Å². The van der Waals surface area contributed by atoms with Crippen LogP contribution in [0.2, 0.25) is 0 Å². The lowest BCUT2D eigenvalue weighted by Gasteiger charge is -2.07. The second-order valence-electron chi connectivity index (χ2n) is 6.31. The van der Waals surface area contributed by atoms with Crippen molar-refractivity contribution in [3.63, 3.8) is 0 Å². The molecule has 0 aliphatic rings. The number of hydrogen-bond donors (Lipinski definition) is 1. The largest absolute Gasteiger partial charge is 0.494 e. The summed E-state index contributed by atoms with van der Waals surface area (Å²) in [7, 11) is 0. The van der Waals surface area contributed by atoms with Crippen LogP contribution in [-0.2, 0) is 20.7 Å². The first-order valence-electron chi connectivity index (χ1n) is 9.22. The molecule has 2 rings (SSSR count). The first-order valence-corrected chi connectivity index (χ1v) is 9.22. The number of aromatic nitrogens is 1. The Kier molecular flexibility index (Phi) is 8.21. The molecule has 0 aliphatic heterocycles. The third kappa shape index (κ3) is 7.23. The zero-order chi connectivity index (χ0) is 20.4. The highest BCUT2D eigenvalue weighted by molar-refractivity contribution is 5.97. The number of carbonyl (C=O) groups is 2. The lowest BCUT2D eigenvalue weighted by Crippen LogP contribution is -2.11. The van der Waals surface area contributed by atoms with Gasteiger partial charge in [-0.25, -0.2) is 4.79 Å². The maximum absolute atomic E-state index is 11.9. The van der Waals surface area contributed by atoms with E-state index < -0.39 is 11.9 Å². The highest BCUT2D eigenvalue weighted by Gasteiger charge is 2.14. The van der Waals surface area contributed by atoms with Crippen molar-refractivity contribution < 1.29 is 24.2 Å². The Bertz CT molecular complexity index is 810. The number of benzene rings is 1. The van der Waals surface area contributed by atoms with Crippen LogP contribution in [0.4, 0.5) is 0 Å². The summed E-state index contributed by atoms with van der Waals surface area (Å²) in [6.45, 7) is 4.45. The Labute approximate surface area is 164 Å². The molecule has 1 N–H and O–H groups in total. The number of carboxylic acid groups (broad SMARTS) is 1. The Morgan fingerprint density at radius 3 is 2.50 bits per heavy atom. The van der Waals surface area contributed by atoms with Crippen LogP contribution in [0.25, 0.3) is 6.08 Å². The Morgan fingerprint density at radius 1 is 1.14 bits per heavy atom. The van der Waals surface area contributed by atoms with E-state index in [-0.39, 0.29) is 18.6 Å². The molecule has 1 aromatic heterocycles. The molecule has 0 saturated carbocycles. The van der Waals surface area contributed by atoms with Gasteiger partial charge < -0.3 is 14.6 Å².